The van der Waals surface area contributed by atoms with Crippen LogP contribution in [0.3, 0.4) is 0 Å². The van der Waals surface area contributed by atoms with Gasteiger partial charge in [-0.1, -0.05) is 12.2 Å². The van der Waals surface area contributed by atoms with Crippen LogP contribution in [0.4, 0.5) is 0 Å². The van der Waals surface area contributed by atoms with Crippen LogP contribution in [0.1, 0.15) is 0 Å². The van der Waals surface area contributed by atoms with Crippen LogP contribution in [0.5, 0.6) is 0 Å². The molecule has 5 heteroatoms. The molecule has 0 aliphatic carbocycles. The molecule has 0 aromatic heterocycles. The fraction of sp³-hybridized carbons (Fsp3) is 0.333. The van der Waals surface area contributed by atoms with E-state index in [0.717, 1.165) is 13.1 Å². The van der Waals surface area contributed by atoms with Gasteiger partial charge in [-0.05, 0) is 0 Å². The zero-order valence-corrected chi connectivity index (χ0v) is 6.09. The standard InChI is InChI=1S/C6H11N5/c7-5(8)10-6(9)11-3-1-2-4-11/h1-2H,3-4H2,(H5,7,8,9,10). The summed E-state index contributed by atoms with van der Waals surface area (Å²) < 4.78 is 0. The topological polar surface area (TPSA) is 89.0 Å². The minimum atomic E-state index is -0.193. The molecule has 0 unspecified atom stereocenters. The molecule has 0 saturated carbocycles. The summed E-state index contributed by atoms with van der Waals surface area (Å²) in [6.07, 6.45) is 3.94. The number of guanidine groups is 2. The van der Waals surface area contributed by atoms with Gasteiger partial charge in [0.2, 0.25) is 0 Å². The van der Waals surface area contributed by atoms with Gasteiger partial charge in [-0.25, -0.2) is 0 Å². The molecule has 0 amide bonds. The van der Waals surface area contributed by atoms with Crippen molar-refractivity contribution in [2.45, 2.75) is 0 Å². The van der Waals surface area contributed by atoms with Crippen LogP contribution in [0.2, 0.25) is 0 Å². The lowest BCUT2D eigenvalue weighted by atomic mass is 10.6. The summed E-state index contributed by atoms with van der Waals surface area (Å²) in [5.41, 5.74) is 5.05. The fourth-order valence-corrected chi connectivity index (χ4v) is 0.867. The predicted octanol–water partition coefficient (Wildman–Crippen LogP) is -0.724. The highest BCUT2D eigenvalue weighted by Crippen LogP contribution is 1.96. The SMILES string of the molecule is N=C(N)NC(=N)N1CC=CC1. The van der Waals surface area contributed by atoms with Crippen LogP contribution >= 0.6 is 0 Å². The average molecular weight is 153 g/mol. The third-order valence-electron chi connectivity index (χ3n) is 1.39. The molecule has 1 aliphatic heterocycles. The van der Waals surface area contributed by atoms with Gasteiger partial charge in [-0.3, -0.25) is 16.1 Å². The van der Waals surface area contributed by atoms with Gasteiger partial charge in [-0.2, -0.15) is 0 Å². The number of nitrogens with zero attached hydrogens (tertiary/aromatic N) is 1. The first-order valence-corrected chi connectivity index (χ1v) is 3.29. The summed E-state index contributed by atoms with van der Waals surface area (Å²) in [6, 6.07) is 0. The monoisotopic (exact) mass is 153 g/mol. The second-order valence-electron chi connectivity index (χ2n) is 2.26. The Morgan fingerprint density at radius 3 is 2.36 bits per heavy atom. The summed E-state index contributed by atoms with van der Waals surface area (Å²) in [6.45, 7) is 1.44. The first kappa shape index (κ1) is 7.59. The zero-order chi connectivity index (χ0) is 8.27. The Morgan fingerprint density at radius 2 is 1.91 bits per heavy atom. The maximum atomic E-state index is 7.37. The second kappa shape index (κ2) is 3.05. The summed E-state index contributed by atoms with van der Waals surface area (Å²) in [4.78, 5) is 1.77. The van der Waals surface area contributed by atoms with E-state index in [1.807, 2.05) is 12.2 Å². The first-order valence-electron chi connectivity index (χ1n) is 3.29. The Balaban J connectivity index is 2.36. The van der Waals surface area contributed by atoms with E-state index in [1.165, 1.54) is 0 Å². The molecular weight excluding hydrogens is 142 g/mol. The Hall–Kier alpha value is -1.52. The van der Waals surface area contributed by atoms with Gasteiger partial charge >= 0.3 is 0 Å². The lowest BCUT2D eigenvalue weighted by Crippen LogP contribution is -2.44. The molecule has 0 saturated heterocycles. The average Bonchev–Trinajstić information content (AvgIpc) is 2.35. The molecule has 5 nitrogen and oxygen atoms in total. The van der Waals surface area contributed by atoms with Gasteiger partial charge in [0.15, 0.2) is 11.9 Å². The molecular formula is C6H11N5. The van der Waals surface area contributed by atoms with Crippen LogP contribution in [0, 0.1) is 10.8 Å². The van der Waals surface area contributed by atoms with E-state index < -0.39 is 0 Å². The number of nitrogens with two attached hydrogens (primary N) is 1. The maximum absolute atomic E-state index is 7.37. The molecule has 0 spiro atoms. The van der Waals surface area contributed by atoms with E-state index in [1.54, 1.807) is 4.90 Å². The van der Waals surface area contributed by atoms with Crippen LogP contribution in [-0.2, 0) is 0 Å². The van der Waals surface area contributed by atoms with E-state index in [-0.39, 0.29) is 11.9 Å². The van der Waals surface area contributed by atoms with E-state index in [2.05, 4.69) is 5.32 Å². The molecule has 0 aromatic rings. The van der Waals surface area contributed by atoms with Crippen molar-refractivity contribution in [3.05, 3.63) is 12.2 Å². The van der Waals surface area contributed by atoms with E-state index >= 15 is 0 Å². The van der Waals surface area contributed by atoms with Gasteiger partial charge in [0, 0.05) is 13.1 Å². The Labute approximate surface area is 64.9 Å². The first-order chi connectivity index (χ1) is 5.20. The Kier molecular flexibility index (Phi) is 2.10. The minimum absolute atomic E-state index is 0.183. The summed E-state index contributed by atoms with van der Waals surface area (Å²) in [7, 11) is 0. The lowest BCUT2D eigenvalue weighted by molar-refractivity contribution is 0.522. The minimum Gasteiger partial charge on any atom is -0.370 e. The number of nitrogens with one attached hydrogen (secondary N) is 3. The van der Waals surface area contributed by atoms with Crippen molar-refractivity contribution in [3.8, 4) is 0 Å². The highest BCUT2D eigenvalue weighted by Gasteiger charge is 2.09. The smallest absolute Gasteiger partial charge is 0.198 e. The largest absolute Gasteiger partial charge is 0.370 e. The van der Waals surface area contributed by atoms with Crippen molar-refractivity contribution in [2.24, 2.45) is 5.73 Å². The van der Waals surface area contributed by atoms with Gasteiger partial charge < -0.3 is 10.6 Å². The molecule has 0 aromatic carbocycles. The van der Waals surface area contributed by atoms with Crippen molar-refractivity contribution in [3.63, 3.8) is 0 Å². The molecule has 60 valence electrons. The molecule has 0 fully saturated rings. The molecule has 1 aliphatic rings. The van der Waals surface area contributed by atoms with Crippen LogP contribution in [0.15, 0.2) is 12.2 Å². The Bertz CT molecular complexity index is 199. The lowest BCUT2D eigenvalue weighted by Gasteiger charge is -2.18. The molecule has 1 rings (SSSR count). The molecule has 0 atom stereocenters. The Morgan fingerprint density at radius 1 is 1.36 bits per heavy atom. The molecule has 5 N–H and O–H groups in total. The molecule has 0 bridgehead atoms. The summed E-state index contributed by atoms with van der Waals surface area (Å²) in [5.74, 6) is -0.00981. The van der Waals surface area contributed by atoms with Crippen LogP contribution in [-0.4, -0.2) is 29.9 Å². The van der Waals surface area contributed by atoms with Gasteiger partial charge in [-0.15, -0.1) is 0 Å². The zero-order valence-electron chi connectivity index (χ0n) is 6.09. The number of hydrogen-bond donors (Lipinski definition) is 4. The van der Waals surface area contributed by atoms with Crippen molar-refractivity contribution < 1.29 is 0 Å². The van der Waals surface area contributed by atoms with E-state index in [9.17, 15) is 0 Å². The summed E-state index contributed by atoms with van der Waals surface area (Å²) >= 11 is 0. The highest BCUT2D eigenvalue weighted by atomic mass is 15.3. The molecule has 0 radical (unpaired) electrons. The van der Waals surface area contributed by atoms with Crippen molar-refractivity contribution in [1.82, 2.24) is 10.2 Å². The van der Waals surface area contributed by atoms with Crippen LogP contribution < -0.4 is 11.1 Å². The van der Waals surface area contributed by atoms with Crippen molar-refractivity contribution in [1.29, 1.82) is 10.8 Å². The second-order valence-corrected chi connectivity index (χ2v) is 2.26. The van der Waals surface area contributed by atoms with Crippen molar-refractivity contribution >= 4 is 11.9 Å². The third-order valence-corrected chi connectivity index (χ3v) is 1.39. The number of rotatable bonds is 0. The van der Waals surface area contributed by atoms with Gasteiger partial charge in [0.25, 0.3) is 0 Å². The fourth-order valence-electron chi connectivity index (χ4n) is 0.867. The van der Waals surface area contributed by atoms with Gasteiger partial charge in [0.05, 0.1) is 0 Å². The van der Waals surface area contributed by atoms with E-state index in [0.29, 0.717) is 0 Å². The van der Waals surface area contributed by atoms with Crippen LogP contribution in [0.25, 0.3) is 0 Å². The molecule has 11 heavy (non-hydrogen) atoms. The third kappa shape index (κ3) is 1.96. The quantitative estimate of drug-likeness (QED) is 0.210. The maximum Gasteiger partial charge on any atom is 0.198 e. The van der Waals surface area contributed by atoms with Gasteiger partial charge in [0.1, 0.15) is 0 Å². The number of hydrogen-bond acceptors (Lipinski definition) is 2. The molecule has 1 heterocycles. The highest BCUT2D eigenvalue weighted by molar-refractivity contribution is 5.95. The normalized spacial score (nSPS) is 15.1. The van der Waals surface area contributed by atoms with E-state index in [4.69, 9.17) is 16.6 Å². The summed E-state index contributed by atoms with van der Waals surface area (Å²) in [5, 5.41) is 16.7. The van der Waals surface area contributed by atoms with Crippen molar-refractivity contribution in [2.75, 3.05) is 13.1 Å². The predicted molar refractivity (Wildman–Crippen MR) is 43.5 cm³/mol.